The van der Waals surface area contributed by atoms with Crippen LogP contribution >= 0.6 is 0 Å². The van der Waals surface area contributed by atoms with Crippen LogP contribution in [0.2, 0.25) is 0 Å². The van der Waals surface area contributed by atoms with Crippen molar-refractivity contribution < 1.29 is 4.39 Å². The highest BCUT2D eigenvalue weighted by molar-refractivity contribution is 5.65. The van der Waals surface area contributed by atoms with E-state index < -0.39 is 0 Å². The van der Waals surface area contributed by atoms with Gasteiger partial charge < -0.3 is 5.32 Å². The molecular formula is C21H23FN4. The lowest BCUT2D eigenvalue weighted by Crippen LogP contribution is -2.12. The molecule has 5 heteroatoms. The predicted molar refractivity (Wildman–Crippen MR) is 103 cm³/mol. The van der Waals surface area contributed by atoms with Crippen molar-refractivity contribution in [2.24, 2.45) is 0 Å². The van der Waals surface area contributed by atoms with Crippen molar-refractivity contribution in [3.63, 3.8) is 0 Å². The standard InChI is InChI=1S/C19H17FN4.C2H6/c20-14-4-3-5-15(12-14)22-19-16-6-1-2-7-17(16)23-18(24-19)13-8-10-21-11-9-13;1-2/h3-5,8-12H,1-2,6-7H2,(H,22,23,24);1-2H3. The molecule has 0 unspecified atom stereocenters. The lowest BCUT2D eigenvalue weighted by Gasteiger charge is -2.20. The molecule has 0 aliphatic heterocycles. The van der Waals surface area contributed by atoms with Crippen LogP contribution in [0.1, 0.15) is 37.9 Å². The number of hydrogen-bond donors (Lipinski definition) is 1. The molecule has 0 radical (unpaired) electrons. The molecule has 0 bridgehead atoms. The van der Waals surface area contributed by atoms with E-state index in [1.165, 1.54) is 12.1 Å². The van der Waals surface area contributed by atoms with Gasteiger partial charge >= 0.3 is 0 Å². The quantitative estimate of drug-likeness (QED) is 0.694. The van der Waals surface area contributed by atoms with Crippen LogP contribution in [-0.4, -0.2) is 15.0 Å². The summed E-state index contributed by atoms with van der Waals surface area (Å²) in [4.78, 5) is 13.5. The fraction of sp³-hybridized carbons (Fsp3) is 0.286. The third kappa shape index (κ3) is 4.04. The third-order valence-electron chi connectivity index (χ3n) is 4.21. The highest BCUT2D eigenvalue weighted by Gasteiger charge is 2.18. The lowest BCUT2D eigenvalue weighted by molar-refractivity contribution is 0.628. The molecule has 0 amide bonds. The van der Waals surface area contributed by atoms with Crippen molar-refractivity contribution in [2.75, 3.05) is 5.32 Å². The Balaban J connectivity index is 0.000000948. The minimum absolute atomic E-state index is 0.266. The zero-order valence-electron chi connectivity index (χ0n) is 15.2. The molecule has 0 saturated carbocycles. The van der Waals surface area contributed by atoms with Gasteiger partial charge in [0.2, 0.25) is 0 Å². The number of hydrogen-bond acceptors (Lipinski definition) is 4. The number of fused-ring (bicyclic) bond motifs is 1. The summed E-state index contributed by atoms with van der Waals surface area (Å²) in [5.74, 6) is 1.19. The van der Waals surface area contributed by atoms with Crippen LogP contribution in [0.15, 0.2) is 48.8 Å². The highest BCUT2D eigenvalue weighted by atomic mass is 19.1. The Morgan fingerprint density at radius 1 is 0.962 bits per heavy atom. The maximum atomic E-state index is 13.5. The normalized spacial score (nSPS) is 12.6. The Morgan fingerprint density at radius 2 is 1.73 bits per heavy atom. The van der Waals surface area contributed by atoms with Gasteiger partial charge in [-0.15, -0.1) is 0 Å². The predicted octanol–water partition coefficient (Wildman–Crippen LogP) is 5.33. The zero-order valence-corrected chi connectivity index (χ0v) is 15.2. The van der Waals surface area contributed by atoms with E-state index in [1.54, 1.807) is 18.5 Å². The second-order valence-electron chi connectivity index (χ2n) is 5.90. The molecule has 2 heterocycles. The van der Waals surface area contributed by atoms with Gasteiger partial charge in [-0.25, -0.2) is 14.4 Å². The van der Waals surface area contributed by atoms with Gasteiger partial charge in [0.25, 0.3) is 0 Å². The molecule has 0 spiro atoms. The minimum atomic E-state index is -0.266. The zero-order chi connectivity index (χ0) is 18.4. The van der Waals surface area contributed by atoms with Gasteiger partial charge in [0.15, 0.2) is 5.82 Å². The molecule has 1 aliphatic carbocycles. The molecule has 3 aromatic rings. The number of aromatic nitrogens is 3. The highest BCUT2D eigenvalue weighted by Crippen LogP contribution is 2.30. The van der Waals surface area contributed by atoms with Crippen LogP contribution in [0.25, 0.3) is 11.4 Å². The summed E-state index contributed by atoms with van der Waals surface area (Å²) in [6.07, 6.45) is 7.63. The van der Waals surface area contributed by atoms with Gasteiger partial charge in [-0.3, -0.25) is 4.98 Å². The maximum absolute atomic E-state index is 13.5. The van der Waals surface area contributed by atoms with Crippen molar-refractivity contribution in [1.29, 1.82) is 0 Å². The summed E-state index contributed by atoms with van der Waals surface area (Å²) < 4.78 is 13.5. The van der Waals surface area contributed by atoms with Crippen molar-refractivity contribution in [2.45, 2.75) is 39.5 Å². The molecule has 1 N–H and O–H groups in total. The van der Waals surface area contributed by atoms with Gasteiger partial charge in [0.05, 0.1) is 0 Å². The molecule has 26 heavy (non-hydrogen) atoms. The first kappa shape index (κ1) is 18.0. The molecule has 1 aromatic carbocycles. The van der Waals surface area contributed by atoms with Crippen molar-refractivity contribution in [1.82, 2.24) is 15.0 Å². The van der Waals surface area contributed by atoms with Gasteiger partial charge in [-0.1, -0.05) is 19.9 Å². The van der Waals surface area contributed by atoms with E-state index in [9.17, 15) is 4.39 Å². The van der Waals surface area contributed by atoms with Crippen molar-refractivity contribution in [3.05, 3.63) is 65.9 Å². The van der Waals surface area contributed by atoms with E-state index in [0.717, 1.165) is 48.3 Å². The number of pyridine rings is 1. The molecular weight excluding hydrogens is 327 g/mol. The number of nitrogens with zero attached hydrogens (tertiary/aromatic N) is 3. The van der Waals surface area contributed by atoms with Gasteiger partial charge in [0, 0.05) is 34.9 Å². The molecule has 4 nitrogen and oxygen atoms in total. The fourth-order valence-corrected chi connectivity index (χ4v) is 3.03. The average molecular weight is 350 g/mol. The van der Waals surface area contributed by atoms with Crippen molar-refractivity contribution in [3.8, 4) is 11.4 Å². The van der Waals surface area contributed by atoms with Gasteiger partial charge in [-0.2, -0.15) is 0 Å². The first-order chi connectivity index (χ1) is 12.8. The average Bonchev–Trinajstić information content (AvgIpc) is 2.70. The molecule has 134 valence electrons. The number of anilines is 2. The largest absolute Gasteiger partial charge is 0.340 e. The van der Waals surface area contributed by atoms with E-state index >= 15 is 0 Å². The second kappa shape index (κ2) is 8.52. The number of nitrogens with one attached hydrogen (secondary N) is 1. The molecule has 1 aliphatic rings. The summed E-state index contributed by atoms with van der Waals surface area (Å²) in [7, 11) is 0. The van der Waals surface area contributed by atoms with Crippen LogP contribution < -0.4 is 5.32 Å². The smallest absolute Gasteiger partial charge is 0.161 e. The SMILES string of the molecule is CC.Fc1cccc(Nc2nc(-c3ccncc3)nc3c2CCCC3)c1. The maximum Gasteiger partial charge on any atom is 0.161 e. The number of aryl methyl sites for hydroxylation is 1. The summed E-state index contributed by atoms with van der Waals surface area (Å²) in [5.41, 5.74) is 3.85. The number of benzene rings is 1. The first-order valence-corrected chi connectivity index (χ1v) is 9.12. The van der Waals surface area contributed by atoms with Crippen LogP contribution in [0.4, 0.5) is 15.9 Å². The van der Waals surface area contributed by atoms with E-state index in [1.807, 2.05) is 32.0 Å². The topological polar surface area (TPSA) is 50.7 Å². The van der Waals surface area contributed by atoms with Crippen molar-refractivity contribution >= 4 is 11.5 Å². The lowest BCUT2D eigenvalue weighted by atomic mass is 9.96. The Hall–Kier alpha value is -2.82. The molecule has 4 rings (SSSR count). The van der Waals surface area contributed by atoms with E-state index in [2.05, 4.69) is 10.3 Å². The van der Waals surface area contributed by atoms with E-state index in [0.29, 0.717) is 11.5 Å². The minimum Gasteiger partial charge on any atom is -0.340 e. The summed E-state index contributed by atoms with van der Waals surface area (Å²) >= 11 is 0. The summed E-state index contributed by atoms with van der Waals surface area (Å²) in [6.45, 7) is 4.00. The molecule has 0 atom stereocenters. The molecule has 0 fully saturated rings. The number of rotatable bonds is 3. The van der Waals surface area contributed by atoms with E-state index in [4.69, 9.17) is 9.97 Å². The van der Waals surface area contributed by atoms with Gasteiger partial charge in [-0.05, 0) is 56.0 Å². The molecule has 0 saturated heterocycles. The van der Waals surface area contributed by atoms with Gasteiger partial charge in [0.1, 0.15) is 11.6 Å². The van der Waals surface area contributed by atoms with Crippen LogP contribution in [0, 0.1) is 5.82 Å². The molecule has 2 aromatic heterocycles. The first-order valence-electron chi connectivity index (χ1n) is 9.12. The summed E-state index contributed by atoms with van der Waals surface area (Å²) in [6, 6.07) is 10.2. The van der Waals surface area contributed by atoms with Crippen LogP contribution in [0.3, 0.4) is 0 Å². The van der Waals surface area contributed by atoms with Crippen LogP contribution in [-0.2, 0) is 12.8 Å². The summed E-state index contributed by atoms with van der Waals surface area (Å²) in [5, 5.41) is 3.28. The Morgan fingerprint density at radius 3 is 2.50 bits per heavy atom. The Bertz CT molecular complexity index is 865. The van der Waals surface area contributed by atoms with Crippen LogP contribution in [0.5, 0.6) is 0 Å². The Labute approximate surface area is 153 Å². The third-order valence-corrected chi connectivity index (χ3v) is 4.21. The fourth-order valence-electron chi connectivity index (χ4n) is 3.03. The monoisotopic (exact) mass is 350 g/mol. The second-order valence-corrected chi connectivity index (χ2v) is 5.90. The number of halogens is 1. The van der Waals surface area contributed by atoms with E-state index in [-0.39, 0.29) is 5.82 Å². The Kier molecular flexibility index (Phi) is 5.89.